The molecular weight excluding hydrogens is 406 g/mol. The average molecular weight is 443 g/mol. The van der Waals surface area contributed by atoms with E-state index in [1.165, 1.54) is 30.5 Å². The van der Waals surface area contributed by atoms with E-state index < -0.39 is 0 Å². The molecule has 0 amide bonds. The summed E-state index contributed by atoms with van der Waals surface area (Å²) in [7, 11) is 1.70. The number of anilines is 1. The van der Waals surface area contributed by atoms with Crippen LogP contribution in [0.5, 0.6) is 5.75 Å². The molecule has 1 N–H and O–H groups in total. The zero-order valence-electron chi connectivity index (χ0n) is 19.8. The Morgan fingerprint density at radius 1 is 1.00 bits per heavy atom. The summed E-state index contributed by atoms with van der Waals surface area (Å²) < 4.78 is 6.67. The van der Waals surface area contributed by atoms with Crippen molar-refractivity contribution in [2.45, 2.75) is 59.5 Å². The van der Waals surface area contributed by atoms with Crippen molar-refractivity contribution < 1.29 is 9.22 Å². The number of halogens is 1. The highest BCUT2D eigenvalue weighted by atomic mass is 35.5. The second kappa shape index (κ2) is 10.1. The Morgan fingerprint density at radius 3 is 2.39 bits per heavy atom. The molecule has 0 bridgehead atoms. The van der Waals surface area contributed by atoms with Crippen LogP contribution in [0.15, 0.2) is 36.4 Å². The van der Waals surface area contributed by atoms with Crippen LogP contribution in [0.2, 0.25) is 5.02 Å². The normalized spacial score (nSPS) is 13.2. The van der Waals surface area contributed by atoms with Crippen molar-refractivity contribution in [2.24, 2.45) is 0 Å². The predicted molar refractivity (Wildman–Crippen MR) is 134 cm³/mol. The summed E-state index contributed by atoms with van der Waals surface area (Å²) in [4.78, 5) is 4.84. The smallest absolute Gasteiger partial charge is 0.119 e. The van der Waals surface area contributed by atoms with Crippen LogP contribution < -0.4 is 10.1 Å². The summed E-state index contributed by atoms with van der Waals surface area (Å²) in [6.07, 6.45) is 2.32. The van der Waals surface area contributed by atoms with E-state index in [-0.39, 0.29) is 0 Å². The number of hydrogen-bond donors (Lipinski definition) is 1. The van der Waals surface area contributed by atoms with Crippen LogP contribution in [0.4, 0.5) is 5.69 Å². The van der Waals surface area contributed by atoms with Crippen LogP contribution in [0.25, 0.3) is 21.8 Å². The highest BCUT2D eigenvalue weighted by molar-refractivity contribution is 6.31. The summed E-state index contributed by atoms with van der Waals surface area (Å²) in [5.41, 5.74) is 2.96. The van der Waals surface area contributed by atoms with Gasteiger partial charge in [0.1, 0.15) is 5.75 Å². The number of aromatic nitrogens is 1. The first-order valence-corrected chi connectivity index (χ1v) is 11.9. The van der Waals surface area contributed by atoms with Crippen LogP contribution >= 0.6 is 11.6 Å². The second-order valence-electron chi connectivity index (χ2n) is 8.89. The van der Waals surface area contributed by atoms with Crippen LogP contribution in [0.1, 0.15) is 47.5 Å². The summed E-state index contributed by atoms with van der Waals surface area (Å²) in [5.74, 6) is 0.836. The van der Waals surface area contributed by atoms with E-state index in [1.54, 1.807) is 7.11 Å². The maximum atomic E-state index is 6.26. The van der Waals surface area contributed by atoms with Crippen molar-refractivity contribution in [2.75, 3.05) is 32.1 Å². The Kier molecular flexibility index (Phi) is 7.66. The molecule has 1 heterocycles. The zero-order chi connectivity index (χ0) is 22.6. The van der Waals surface area contributed by atoms with Crippen LogP contribution in [-0.4, -0.2) is 48.3 Å². The molecule has 31 heavy (non-hydrogen) atoms. The molecule has 0 aliphatic carbocycles. The third-order valence-corrected chi connectivity index (χ3v) is 7.16. The number of nitrogens with one attached hydrogen (secondary N) is 1. The molecule has 0 aliphatic rings. The minimum absolute atomic E-state index is 0.346. The monoisotopic (exact) mass is 442 g/mol. The van der Waals surface area contributed by atoms with Gasteiger partial charge in [0.05, 0.1) is 49.5 Å². The molecule has 0 spiro atoms. The lowest BCUT2D eigenvalue weighted by molar-refractivity contribution is -0.944. The Labute approximate surface area is 192 Å². The molecule has 0 saturated carbocycles. The maximum Gasteiger partial charge on any atom is 0.119 e. The lowest BCUT2D eigenvalue weighted by Crippen LogP contribution is -2.53. The third-order valence-electron chi connectivity index (χ3n) is 6.93. The van der Waals surface area contributed by atoms with Crippen LogP contribution in [0, 0.1) is 0 Å². The Hall–Kier alpha value is -2.04. The minimum atomic E-state index is 0.346. The topological polar surface area (TPSA) is 34.2 Å². The van der Waals surface area contributed by atoms with Crippen molar-refractivity contribution in [3.05, 3.63) is 41.4 Å². The molecule has 0 saturated heterocycles. The first-order valence-electron chi connectivity index (χ1n) is 11.5. The molecule has 5 heteroatoms. The molecule has 1 aromatic heterocycles. The van der Waals surface area contributed by atoms with E-state index >= 15 is 0 Å². The minimum Gasteiger partial charge on any atom is -0.497 e. The zero-order valence-corrected chi connectivity index (χ0v) is 20.6. The van der Waals surface area contributed by atoms with Gasteiger partial charge in [-0.2, -0.15) is 0 Å². The highest BCUT2D eigenvalue weighted by Gasteiger charge is 2.26. The van der Waals surface area contributed by atoms with E-state index in [0.717, 1.165) is 39.7 Å². The Balaban J connectivity index is 1.88. The van der Waals surface area contributed by atoms with Gasteiger partial charge in [0.25, 0.3) is 0 Å². The fraction of sp³-hybridized carbons (Fsp3) is 0.500. The predicted octanol–water partition coefficient (Wildman–Crippen LogP) is 6.90. The number of fused-ring (bicyclic) bond motifs is 2. The standard InChI is InChI=1S/C26H37ClN3O/c1-7-30(8-2,18(3)4)15-9-10-19(5)28-26-22-13-11-20(27)16-25(22)29-24-14-12-21(31-6)17-23(24)26/h11-14,16-19H,7-10,15H2,1-6H3,(H,28,29)/q+1. The highest BCUT2D eigenvalue weighted by Crippen LogP contribution is 2.35. The van der Waals surface area contributed by atoms with Gasteiger partial charge in [-0.05, 0) is 83.9 Å². The molecule has 1 atom stereocenters. The largest absolute Gasteiger partial charge is 0.497 e. The van der Waals surface area contributed by atoms with E-state index in [0.29, 0.717) is 17.1 Å². The Morgan fingerprint density at radius 2 is 1.74 bits per heavy atom. The number of quaternary nitrogens is 1. The first-order chi connectivity index (χ1) is 14.8. The van der Waals surface area contributed by atoms with Gasteiger partial charge >= 0.3 is 0 Å². The van der Waals surface area contributed by atoms with E-state index in [1.807, 2.05) is 24.3 Å². The van der Waals surface area contributed by atoms with Gasteiger partial charge < -0.3 is 14.5 Å². The lowest BCUT2D eigenvalue weighted by Gasteiger charge is -2.41. The Bertz CT molecular complexity index is 1030. The van der Waals surface area contributed by atoms with Crippen LogP contribution in [0.3, 0.4) is 0 Å². The van der Waals surface area contributed by atoms with Crippen LogP contribution in [-0.2, 0) is 0 Å². The molecule has 0 fully saturated rings. The second-order valence-corrected chi connectivity index (χ2v) is 9.32. The molecule has 3 rings (SSSR count). The van der Waals surface area contributed by atoms with Gasteiger partial charge in [-0.1, -0.05) is 11.6 Å². The molecule has 4 nitrogen and oxygen atoms in total. The molecular formula is C26H37ClN3O+. The van der Waals surface area contributed by atoms with Crippen molar-refractivity contribution in [1.82, 2.24) is 4.98 Å². The van der Waals surface area contributed by atoms with Crippen molar-refractivity contribution in [3.63, 3.8) is 0 Å². The number of nitrogens with zero attached hydrogens (tertiary/aromatic N) is 2. The molecule has 0 radical (unpaired) electrons. The van der Waals surface area contributed by atoms with Gasteiger partial charge in [0, 0.05) is 21.8 Å². The number of pyridine rings is 1. The van der Waals surface area contributed by atoms with Crippen molar-refractivity contribution in [1.29, 1.82) is 0 Å². The molecule has 2 aromatic carbocycles. The van der Waals surface area contributed by atoms with Gasteiger partial charge in [0.2, 0.25) is 0 Å². The SMILES string of the molecule is CC[N+](CC)(CCCC(C)Nc1c2ccc(Cl)cc2nc2ccc(OC)cc12)C(C)C. The van der Waals surface area contributed by atoms with E-state index in [4.69, 9.17) is 21.3 Å². The van der Waals surface area contributed by atoms with Crippen molar-refractivity contribution >= 4 is 39.1 Å². The van der Waals surface area contributed by atoms with Gasteiger partial charge in [-0.3, -0.25) is 0 Å². The molecule has 1 unspecified atom stereocenters. The summed E-state index contributed by atoms with van der Waals surface area (Å²) >= 11 is 6.26. The summed E-state index contributed by atoms with van der Waals surface area (Å²) in [6.45, 7) is 15.2. The quantitative estimate of drug-likeness (QED) is 0.274. The first kappa shape index (κ1) is 23.6. The van der Waals surface area contributed by atoms with E-state index in [9.17, 15) is 0 Å². The number of ether oxygens (including phenoxy) is 1. The lowest BCUT2D eigenvalue weighted by atomic mass is 10.0. The third kappa shape index (κ3) is 5.07. The van der Waals surface area contributed by atoms with Gasteiger partial charge in [0.15, 0.2) is 0 Å². The number of methoxy groups -OCH3 is 1. The molecule has 0 aliphatic heterocycles. The maximum absolute atomic E-state index is 6.26. The fourth-order valence-electron chi connectivity index (χ4n) is 4.74. The fourth-order valence-corrected chi connectivity index (χ4v) is 4.90. The molecule has 3 aromatic rings. The van der Waals surface area contributed by atoms with Gasteiger partial charge in [-0.15, -0.1) is 0 Å². The van der Waals surface area contributed by atoms with E-state index in [2.05, 4.69) is 52.1 Å². The molecule has 168 valence electrons. The number of benzene rings is 2. The average Bonchev–Trinajstić information content (AvgIpc) is 2.76. The summed E-state index contributed by atoms with van der Waals surface area (Å²) in [5, 5.41) is 6.68. The van der Waals surface area contributed by atoms with Gasteiger partial charge in [-0.25, -0.2) is 4.98 Å². The van der Waals surface area contributed by atoms with Crippen molar-refractivity contribution in [3.8, 4) is 5.75 Å². The number of hydrogen-bond acceptors (Lipinski definition) is 3. The number of rotatable bonds is 10. The summed E-state index contributed by atoms with van der Waals surface area (Å²) in [6, 6.07) is 13.0.